The van der Waals surface area contributed by atoms with Crippen LogP contribution in [0.4, 0.5) is 0 Å². The van der Waals surface area contributed by atoms with Crippen molar-refractivity contribution in [2.45, 2.75) is 26.1 Å². The number of carbonyl (C=O) groups is 3. The van der Waals surface area contributed by atoms with E-state index in [9.17, 15) is 24.6 Å². The van der Waals surface area contributed by atoms with Gasteiger partial charge >= 0.3 is 17.9 Å². The lowest BCUT2D eigenvalue weighted by Gasteiger charge is -2.26. The van der Waals surface area contributed by atoms with Gasteiger partial charge in [-0.15, -0.1) is 0 Å². The minimum atomic E-state index is -1.35. The van der Waals surface area contributed by atoms with Crippen LogP contribution in [0.3, 0.4) is 0 Å². The number of hydrogen-bond donors (Lipinski definition) is 3. The molecule has 0 radical (unpaired) electrons. The quantitative estimate of drug-likeness (QED) is 0.582. The minimum absolute atomic E-state index is 0.156. The lowest BCUT2D eigenvalue weighted by Crippen LogP contribution is -2.38. The maximum atomic E-state index is 11.5. The van der Waals surface area contributed by atoms with Crippen molar-refractivity contribution in [3.05, 3.63) is 69.2 Å². The van der Waals surface area contributed by atoms with Gasteiger partial charge in [-0.3, -0.25) is 9.69 Å². The number of halogens is 1. The summed E-state index contributed by atoms with van der Waals surface area (Å²) in [5.41, 5.74) is 0.776. The van der Waals surface area contributed by atoms with Crippen molar-refractivity contribution in [2.24, 2.45) is 0 Å². The monoisotopic (exact) mass is 435 g/mol. The minimum Gasteiger partial charge on any atom is -0.480 e. The van der Waals surface area contributed by atoms with Crippen molar-refractivity contribution in [3.63, 3.8) is 0 Å². The van der Waals surface area contributed by atoms with Crippen LogP contribution in [-0.4, -0.2) is 44.2 Å². The molecule has 3 N–H and O–H groups in total. The summed E-state index contributed by atoms with van der Waals surface area (Å²) >= 11 is 3.35. The van der Waals surface area contributed by atoms with Crippen molar-refractivity contribution in [3.8, 4) is 0 Å². The number of benzene rings is 2. The van der Waals surface area contributed by atoms with E-state index in [0.29, 0.717) is 12.1 Å². The molecule has 1 unspecified atom stereocenters. The first-order chi connectivity index (χ1) is 12.7. The van der Waals surface area contributed by atoms with Gasteiger partial charge in [-0.2, -0.15) is 0 Å². The topological polar surface area (TPSA) is 115 Å². The molecule has 0 saturated heterocycles. The highest BCUT2D eigenvalue weighted by Crippen LogP contribution is 2.19. The summed E-state index contributed by atoms with van der Waals surface area (Å²) in [6, 6.07) is 10.6. The molecule has 0 aliphatic heterocycles. The number of rotatable bonds is 8. The predicted molar refractivity (Wildman–Crippen MR) is 101 cm³/mol. The zero-order valence-electron chi connectivity index (χ0n) is 14.4. The van der Waals surface area contributed by atoms with Gasteiger partial charge in [0.25, 0.3) is 0 Å². The highest BCUT2D eigenvalue weighted by molar-refractivity contribution is 9.10. The predicted octanol–water partition coefficient (Wildman–Crippen LogP) is 3.32. The molecule has 0 aromatic heterocycles. The second-order valence-electron chi connectivity index (χ2n) is 6.04. The Hall–Kier alpha value is -2.71. The lowest BCUT2D eigenvalue weighted by molar-refractivity contribution is -0.143. The van der Waals surface area contributed by atoms with Crippen molar-refractivity contribution in [2.75, 3.05) is 0 Å². The molecule has 142 valence electrons. The molecule has 0 fully saturated rings. The molecule has 2 aromatic rings. The number of carboxylic acid groups (broad SMARTS) is 3. The maximum absolute atomic E-state index is 11.5. The highest BCUT2D eigenvalue weighted by Gasteiger charge is 2.23. The van der Waals surface area contributed by atoms with E-state index in [0.717, 1.165) is 10.0 Å². The second kappa shape index (κ2) is 8.79. The lowest BCUT2D eigenvalue weighted by atomic mass is 10.0. The standard InChI is InChI=1S/C19H18BrNO6/c1-11(17(22)23)21(9-12-2-5-14(20)6-3-12)10-13-4-7-15(18(24)25)16(8-13)19(26)27/h2-8,11H,9-10H2,1H3,(H,22,23)(H,24,25)(H,26,27). The van der Waals surface area contributed by atoms with E-state index in [-0.39, 0.29) is 17.7 Å². The molecule has 0 saturated carbocycles. The second-order valence-corrected chi connectivity index (χ2v) is 6.95. The van der Waals surface area contributed by atoms with Crippen LogP contribution >= 0.6 is 15.9 Å². The number of carboxylic acids is 3. The largest absolute Gasteiger partial charge is 0.480 e. The van der Waals surface area contributed by atoms with Crippen molar-refractivity contribution < 1.29 is 29.7 Å². The Bertz CT molecular complexity index is 865. The number of aliphatic carboxylic acids is 1. The summed E-state index contributed by atoms with van der Waals surface area (Å²) in [6.45, 7) is 2.04. The smallest absolute Gasteiger partial charge is 0.336 e. The molecule has 27 heavy (non-hydrogen) atoms. The fraction of sp³-hybridized carbons (Fsp3) is 0.211. The Morgan fingerprint density at radius 2 is 1.41 bits per heavy atom. The van der Waals surface area contributed by atoms with Gasteiger partial charge in [-0.1, -0.05) is 34.1 Å². The molecule has 0 amide bonds. The Morgan fingerprint density at radius 1 is 0.889 bits per heavy atom. The van der Waals surface area contributed by atoms with Gasteiger partial charge in [0.2, 0.25) is 0 Å². The van der Waals surface area contributed by atoms with E-state index in [2.05, 4.69) is 15.9 Å². The Labute approximate surface area is 164 Å². The van der Waals surface area contributed by atoms with Crippen LogP contribution in [0.1, 0.15) is 38.8 Å². The third kappa shape index (κ3) is 5.38. The first-order valence-corrected chi connectivity index (χ1v) is 8.79. The molecule has 7 nitrogen and oxygen atoms in total. The van der Waals surface area contributed by atoms with Crippen LogP contribution in [0.25, 0.3) is 0 Å². The molecule has 0 bridgehead atoms. The van der Waals surface area contributed by atoms with E-state index >= 15 is 0 Å². The average Bonchev–Trinajstić information content (AvgIpc) is 2.61. The van der Waals surface area contributed by atoms with Gasteiger partial charge in [0.15, 0.2) is 0 Å². The summed E-state index contributed by atoms with van der Waals surface area (Å²) in [5, 5.41) is 27.8. The van der Waals surface area contributed by atoms with E-state index in [4.69, 9.17) is 5.11 Å². The summed E-state index contributed by atoms with van der Waals surface area (Å²) in [4.78, 5) is 35.7. The van der Waals surface area contributed by atoms with E-state index in [1.807, 2.05) is 24.3 Å². The zero-order valence-corrected chi connectivity index (χ0v) is 16.0. The maximum Gasteiger partial charge on any atom is 0.336 e. The molecule has 2 rings (SSSR count). The Balaban J connectivity index is 2.33. The summed E-state index contributed by atoms with van der Waals surface area (Å²) in [5.74, 6) is -3.68. The van der Waals surface area contributed by atoms with Gasteiger partial charge in [0.1, 0.15) is 6.04 Å². The SMILES string of the molecule is CC(C(=O)O)N(Cc1ccc(Br)cc1)Cc1ccc(C(=O)O)c(C(=O)O)c1. The van der Waals surface area contributed by atoms with Crippen molar-refractivity contribution >= 4 is 33.8 Å². The molecule has 0 aliphatic carbocycles. The molecule has 2 aromatic carbocycles. The van der Waals surface area contributed by atoms with Crippen LogP contribution in [-0.2, 0) is 17.9 Å². The molecular weight excluding hydrogens is 418 g/mol. The van der Waals surface area contributed by atoms with E-state index in [1.165, 1.54) is 18.2 Å². The normalized spacial score (nSPS) is 12.0. The van der Waals surface area contributed by atoms with Crippen molar-refractivity contribution in [1.82, 2.24) is 4.90 Å². The molecule has 1 atom stereocenters. The molecular formula is C19H18BrNO6. The Morgan fingerprint density at radius 3 is 1.93 bits per heavy atom. The third-order valence-corrected chi connectivity index (χ3v) is 4.66. The van der Waals surface area contributed by atoms with Crippen LogP contribution in [0.5, 0.6) is 0 Å². The average molecular weight is 436 g/mol. The Kier molecular flexibility index (Phi) is 6.70. The fourth-order valence-corrected chi connectivity index (χ4v) is 2.86. The number of aromatic carboxylic acids is 2. The van der Waals surface area contributed by atoms with Gasteiger partial charge in [-0.25, -0.2) is 9.59 Å². The van der Waals surface area contributed by atoms with Crippen LogP contribution in [0, 0.1) is 0 Å². The van der Waals surface area contributed by atoms with E-state index < -0.39 is 23.9 Å². The summed E-state index contributed by atoms with van der Waals surface area (Å²) in [6.07, 6.45) is 0. The van der Waals surface area contributed by atoms with Gasteiger partial charge < -0.3 is 15.3 Å². The van der Waals surface area contributed by atoms with Gasteiger partial charge in [0, 0.05) is 17.6 Å². The third-order valence-electron chi connectivity index (χ3n) is 4.13. The number of hydrogen-bond acceptors (Lipinski definition) is 4. The fourth-order valence-electron chi connectivity index (χ4n) is 2.60. The van der Waals surface area contributed by atoms with Crippen LogP contribution < -0.4 is 0 Å². The highest BCUT2D eigenvalue weighted by atomic mass is 79.9. The summed E-state index contributed by atoms with van der Waals surface area (Å²) < 4.78 is 0.902. The first kappa shape index (κ1) is 20.6. The molecule has 8 heteroatoms. The summed E-state index contributed by atoms with van der Waals surface area (Å²) in [7, 11) is 0. The molecule has 0 spiro atoms. The van der Waals surface area contributed by atoms with Crippen LogP contribution in [0.15, 0.2) is 46.9 Å². The van der Waals surface area contributed by atoms with Crippen molar-refractivity contribution in [1.29, 1.82) is 0 Å². The number of nitrogens with zero attached hydrogens (tertiary/aromatic N) is 1. The van der Waals surface area contributed by atoms with Gasteiger partial charge in [0.05, 0.1) is 11.1 Å². The van der Waals surface area contributed by atoms with Crippen LogP contribution in [0.2, 0.25) is 0 Å². The first-order valence-electron chi connectivity index (χ1n) is 8.00. The molecule has 0 heterocycles. The van der Waals surface area contributed by atoms with E-state index in [1.54, 1.807) is 11.8 Å². The zero-order chi connectivity index (χ0) is 20.1. The molecule has 0 aliphatic rings. The van der Waals surface area contributed by atoms with Gasteiger partial charge in [-0.05, 0) is 42.3 Å².